The van der Waals surface area contributed by atoms with E-state index in [2.05, 4.69) is 48.2 Å². The molecule has 1 amide bonds. The topological polar surface area (TPSA) is 45.3 Å². The van der Waals surface area contributed by atoms with Gasteiger partial charge in [-0.3, -0.25) is 4.90 Å². The smallest absolute Gasteiger partial charge is 0.410 e. The van der Waals surface area contributed by atoms with Crippen LogP contribution in [-0.4, -0.2) is 86.4 Å². The van der Waals surface area contributed by atoms with Crippen molar-refractivity contribution >= 4 is 6.09 Å². The van der Waals surface area contributed by atoms with Crippen LogP contribution in [0.2, 0.25) is 0 Å². The lowest BCUT2D eigenvalue weighted by molar-refractivity contribution is 0.0575. The van der Waals surface area contributed by atoms with Gasteiger partial charge in [-0.25, -0.2) is 4.79 Å². The molecule has 2 unspecified atom stereocenters. The number of piperidine rings is 1. The minimum Gasteiger partial charge on any atom is -0.497 e. The summed E-state index contributed by atoms with van der Waals surface area (Å²) < 4.78 is 10.7. The Hall–Kier alpha value is -1.79. The molecule has 6 heteroatoms. The Morgan fingerprint density at radius 2 is 1.75 bits per heavy atom. The molecule has 0 saturated carbocycles. The van der Waals surface area contributed by atoms with Crippen LogP contribution < -0.4 is 4.74 Å². The van der Waals surface area contributed by atoms with Gasteiger partial charge in [0.1, 0.15) is 5.75 Å². The monoisotopic (exact) mass is 389 g/mol. The van der Waals surface area contributed by atoms with E-state index >= 15 is 0 Å². The number of nitrogens with zero attached hydrogens (tertiary/aromatic N) is 3. The summed E-state index contributed by atoms with van der Waals surface area (Å²) in [5.74, 6) is 1.39. The van der Waals surface area contributed by atoms with Crippen LogP contribution in [0.1, 0.15) is 38.2 Å². The number of amides is 1. The van der Waals surface area contributed by atoms with Crippen LogP contribution in [0.4, 0.5) is 4.79 Å². The fourth-order valence-corrected chi connectivity index (χ4v) is 4.51. The molecule has 28 heavy (non-hydrogen) atoms. The summed E-state index contributed by atoms with van der Waals surface area (Å²) in [7, 11) is 6.06. The van der Waals surface area contributed by atoms with Crippen molar-refractivity contribution < 1.29 is 14.3 Å². The fourth-order valence-electron chi connectivity index (χ4n) is 4.51. The standard InChI is InChI=1S/C22H35N3O3/c1-16(2)28-22(26)24-12-10-18(11-13-24)25-14-20(21(15-25)23(3)4)17-6-8-19(27-5)9-7-17/h6-9,16,18,20-21H,10-15H2,1-5H3. The molecule has 1 aromatic rings. The van der Waals surface area contributed by atoms with Crippen molar-refractivity contribution in [2.45, 2.75) is 50.8 Å². The van der Waals surface area contributed by atoms with Gasteiger partial charge in [0, 0.05) is 44.2 Å². The highest BCUT2D eigenvalue weighted by Gasteiger charge is 2.39. The molecule has 3 rings (SSSR count). The minimum absolute atomic E-state index is 0.0603. The molecule has 2 heterocycles. The summed E-state index contributed by atoms with van der Waals surface area (Å²) in [4.78, 5) is 19.0. The predicted octanol–water partition coefficient (Wildman–Crippen LogP) is 3.03. The molecule has 0 radical (unpaired) electrons. The van der Waals surface area contributed by atoms with Gasteiger partial charge in [0.15, 0.2) is 0 Å². The number of ether oxygens (including phenoxy) is 2. The van der Waals surface area contributed by atoms with Crippen LogP contribution in [0.15, 0.2) is 24.3 Å². The van der Waals surface area contributed by atoms with E-state index in [0.717, 1.165) is 44.8 Å². The molecular weight excluding hydrogens is 354 g/mol. The zero-order chi connectivity index (χ0) is 20.3. The van der Waals surface area contributed by atoms with Crippen molar-refractivity contribution in [1.29, 1.82) is 0 Å². The van der Waals surface area contributed by atoms with E-state index in [9.17, 15) is 4.79 Å². The third kappa shape index (κ3) is 4.78. The summed E-state index contributed by atoms with van der Waals surface area (Å²) in [6.07, 6.45) is 1.80. The molecule has 2 fully saturated rings. The zero-order valence-electron chi connectivity index (χ0n) is 17.9. The molecule has 156 valence electrons. The van der Waals surface area contributed by atoms with E-state index in [1.165, 1.54) is 5.56 Å². The first-order valence-electron chi connectivity index (χ1n) is 10.4. The molecule has 0 bridgehead atoms. The van der Waals surface area contributed by atoms with Crippen molar-refractivity contribution in [1.82, 2.24) is 14.7 Å². The van der Waals surface area contributed by atoms with Gasteiger partial charge in [-0.1, -0.05) is 12.1 Å². The van der Waals surface area contributed by atoms with Crippen LogP contribution in [-0.2, 0) is 4.74 Å². The number of carbonyl (C=O) groups is 1. The number of carbonyl (C=O) groups excluding carboxylic acids is 1. The highest BCUT2D eigenvalue weighted by molar-refractivity contribution is 5.67. The molecular formula is C22H35N3O3. The van der Waals surface area contributed by atoms with Gasteiger partial charge >= 0.3 is 6.09 Å². The van der Waals surface area contributed by atoms with Crippen LogP contribution in [0, 0.1) is 0 Å². The van der Waals surface area contributed by atoms with Gasteiger partial charge < -0.3 is 19.3 Å². The molecule has 0 N–H and O–H groups in total. The maximum absolute atomic E-state index is 12.1. The van der Waals surface area contributed by atoms with Gasteiger partial charge in [-0.15, -0.1) is 0 Å². The number of hydrogen-bond donors (Lipinski definition) is 0. The molecule has 2 aliphatic heterocycles. The van der Waals surface area contributed by atoms with Crippen LogP contribution in [0.3, 0.4) is 0 Å². The van der Waals surface area contributed by atoms with Gasteiger partial charge in [0.05, 0.1) is 13.2 Å². The van der Waals surface area contributed by atoms with E-state index in [0.29, 0.717) is 18.0 Å². The van der Waals surface area contributed by atoms with Gasteiger partial charge in [-0.05, 0) is 58.5 Å². The van der Waals surface area contributed by atoms with E-state index in [1.54, 1.807) is 7.11 Å². The lowest BCUT2D eigenvalue weighted by Gasteiger charge is -2.36. The Kier molecular flexibility index (Phi) is 6.83. The normalized spacial score (nSPS) is 24.2. The molecule has 0 aliphatic carbocycles. The fraction of sp³-hybridized carbons (Fsp3) is 0.682. The number of rotatable bonds is 5. The second-order valence-electron chi connectivity index (χ2n) is 8.52. The molecule has 0 spiro atoms. The lowest BCUT2D eigenvalue weighted by Crippen LogP contribution is -2.47. The summed E-state index contributed by atoms with van der Waals surface area (Å²) in [6, 6.07) is 9.56. The molecule has 0 aromatic heterocycles. The number of benzene rings is 1. The number of likely N-dealkylation sites (N-methyl/N-ethyl adjacent to an activating group) is 1. The predicted molar refractivity (Wildman–Crippen MR) is 111 cm³/mol. The highest BCUT2D eigenvalue weighted by atomic mass is 16.6. The van der Waals surface area contributed by atoms with E-state index in [-0.39, 0.29) is 12.2 Å². The van der Waals surface area contributed by atoms with Gasteiger partial charge in [0.2, 0.25) is 0 Å². The first kappa shape index (κ1) is 20.9. The van der Waals surface area contributed by atoms with Crippen molar-refractivity contribution in [3.05, 3.63) is 29.8 Å². The van der Waals surface area contributed by atoms with E-state index in [1.807, 2.05) is 18.7 Å². The summed E-state index contributed by atoms with van der Waals surface area (Å²) in [6.45, 7) is 7.51. The van der Waals surface area contributed by atoms with Crippen LogP contribution >= 0.6 is 0 Å². The number of hydrogen-bond acceptors (Lipinski definition) is 5. The minimum atomic E-state index is -0.169. The molecule has 1 aromatic carbocycles. The van der Waals surface area contributed by atoms with Crippen molar-refractivity contribution in [2.24, 2.45) is 0 Å². The first-order valence-corrected chi connectivity index (χ1v) is 10.4. The summed E-state index contributed by atoms with van der Waals surface area (Å²) in [5, 5.41) is 0. The molecule has 2 aliphatic rings. The second kappa shape index (κ2) is 9.14. The largest absolute Gasteiger partial charge is 0.497 e. The SMILES string of the molecule is COc1ccc(C2CN(C3CCN(C(=O)OC(C)C)CC3)CC2N(C)C)cc1. The van der Waals surface area contributed by atoms with Crippen LogP contribution in [0.5, 0.6) is 5.75 Å². The van der Waals surface area contributed by atoms with E-state index in [4.69, 9.17) is 9.47 Å². The molecule has 2 saturated heterocycles. The maximum Gasteiger partial charge on any atom is 0.410 e. The quantitative estimate of drug-likeness (QED) is 0.775. The maximum atomic E-state index is 12.1. The number of methoxy groups -OCH3 is 1. The molecule has 2 atom stereocenters. The summed E-state index contributed by atoms with van der Waals surface area (Å²) in [5.41, 5.74) is 1.37. The Bertz CT molecular complexity index is 639. The Labute approximate surface area is 169 Å². The lowest BCUT2D eigenvalue weighted by atomic mass is 9.93. The Morgan fingerprint density at radius 1 is 1.11 bits per heavy atom. The third-order valence-electron chi connectivity index (χ3n) is 6.10. The second-order valence-corrected chi connectivity index (χ2v) is 8.52. The average molecular weight is 390 g/mol. The molecule has 6 nitrogen and oxygen atoms in total. The van der Waals surface area contributed by atoms with E-state index < -0.39 is 0 Å². The van der Waals surface area contributed by atoms with Gasteiger partial charge in [0.25, 0.3) is 0 Å². The third-order valence-corrected chi connectivity index (χ3v) is 6.10. The Balaban J connectivity index is 1.62. The first-order chi connectivity index (χ1) is 13.4. The summed E-state index contributed by atoms with van der Waals surface area (Å²) >= 11 is 0. The average Bonchev–Trinajstić information content (AvgIpc) is 3.13. The zero-order valence-corrected chi connectivity index (χ0v) is 17.9. The Morgan fingerprint density at radius 3 is 2.29 bits per heavy atom. The van der Waals surface area contributed by atoms with Crippen molar-refractivity contribution in [3.8, 4) is 5.75 Å². The van der Waals surface area contributed by atoms with Crippen molar-refractivity contribution in [3.63, 3.8) is 0 Å². The van der Waals surface area contributed by atoms with Gasteiger partial charge in [-0.2, -0.15) is 0 Å². The van der Waals surface area contributed by atoms with Crippen LogP contribution in [0.25, 0.3) is 0 Å². The number of likely N-dealkylation sites (tertiary alicyclic amines) is 2. The van der Waals surface area contributed by atoms with Crippen molar-refractivity contribution in [2.75, 3.05) is 47.4 Å². The highest BCUT2D eigenvalue weighted by Crippen LogP contribution is 2.34.